The Kier molecular flexibility index (Phi) is 8.37. The maximum atomic E-state index is 15.6. The second-order valence-electron chi connectivity index (χ2n) is 11.0. The van der Waals surface area contributed by atoms with Gasteiger partial charge in [-0.15, -0.1) is 0 Å². The van der Waals surface area contributed by atoms with E-state index in [4.69, 9.17) is 25.8 Å². The van der Waals surface area contributed by atoms with Crippen LogP contribution in [0.4, 0.5) is 13.2 Å². The van der Waals surface area contributed by atoms with Gasteiger partial charge in [0.1, 0.15) is 29.8 Å². The number of hydrogen-bond donors (Lipinski definition) is 0. The summed E-state index contributed by atoms with van der Waals surface area (Å²) in [6, 6.07) is 13.6. The Morgan fingerprint density at radius 3 is 2.56 bits per heavy atom. The first-order chi connectivity index (χ1) is 21.7. The molecule has 0 aliphatic heterocycles. The van der Waals surface area contributed by atoms with Gasteiger partial charge in [-0.3, -0.25) is 4.39 Å². The lowest BCUT2D eigenvalue weighted by Gasteiger charge is -2.16. The monoisotopic (exact) mass is 636 g/mol. The highest BCUT2D eigenvalue weighted by molar-refractivity contribution is 6.30. The molecule has 1 fully saturated rings. The van der Waals surface area contributed by atoms with Gasteiger partial charge < -0.3 is 18.8 Å². The highest BCUT2D eigenvalue weighted by atomic mass is 35.5. The molecule has 0 spiro atoms. The highest BCUT2D eigenvalue weighted by Crippen LogP contribution is 2.48. The molecule has 0 atom stereocenters. The molecule has 45 heavy (non-hydrogen) atoms. The fourth-order valence-electron chi connectivity index (χ4n) is 5.21. The molecule has 0 unspecified atom stereocenters. The summed E-state index contributed by atoms with van der Waals surface area (Å²) in [6.07, 6.45) is 2.74. The van der Waals surface area contributed by atoms with Crippen molar-refractivity contribution >= 4 is 28.6 Å². The first-order valence-corrected chi connectivity index (χ1v) is 14.5. The van der Waals surface area contributed by atoms with E-state index in [1.54, 1.807) is 41.0 Å². The number of hydrogen-bond acceptors (Lipinski definition) is 7. The summed E-state index contributed by atoms with van der Waals surface area (Å²) in [6.45, 7) is -0.155. The standard InChI is InChI=1S/C33H28ClF3N4O4/c1-43-29-14-22(34)5-3-20(29)16-45-32-38-10-7-26(40-32)23-15-24(36)21(11-25(23)37)13-30-39-27-6-4-19(31(42)44-2)12-28(27)41(30)18-33(17-35)8-9-33/h3-7,10-12,14-15H,8-9,13,16-18H2,1-2H3. The molecule has 6 rings (SSSR count). The molecule has 0 N–H and O–H groups in total. The average molecular weight is 637 g/mol. The van der Waals surface area contributed by atoms with Crippen molar-refractivity contribution in [2.45, 2.75) is 32.4 Å². The van der Waals surface area contributed by atoms with E-state index in [2.05, 4.69) is 15.0 Å². The van der Waals surface area contributed by atoms with E-state index in [1.165, 1.54) is 26.5 Å². The van der Waals surface area contributed by atoms with Gasteiger partial charge in [-0.25, -0.2) is 23.5 Å². The molecule has 5 aromatic rings. The van der Waals surface area contributed by atoms with Crippen molar-refractivity contribution < 1.29 is 32.2 Å². The molecule has 0 bridgehead atoms. The summed E-state index contributed by atoms with van der Waals surface area (Å²) in [5.74, 6) is -0.943. The van der Waals surface area contributed by atoms with E-state index < -0.39 is 29.7 Å². The lowest BCUT2D eigenvalue weighted by atomic mass is 10.0. The van der Waals surface area contributed by atoms with E-state index in [0.717, 1.165) is 12.1 Å². The van der Waals surface area contributed by atoms with Crippen LogP contribution in [0.5, 0.6) is 11.8 Å². The Morgan fingerprint density at radius 1 is 1.00 bits per heavy atom. The summed E-state index contributed by atoms with van der Waals surface area (Å²) in [4.78, 5) is 25.2. The quantitative estimate of drug-likeness (QED) is 0.142. The predicted molar refractivity (Wildman–Crippen MR) is 161 cm³/mol. The number of fused-ring (bicyclic) bond motifs is 1. The number of carbonyl (C=O) groups excluding carboxylic acids is 1. The first-order valence-electron chi connectivity index (χ1n) is 14.1. The smallest absolute Gasteiger partial charge is 0.337 e. The summed E-state index contributed by atoms with van der Waals surface area (Å²) in [5, 5.41) is 0.506. The van der Waals surface area contributed by atoms with Crippen LogP contribution in [0.15, 0.2) is 60.8 Å². The van der Waals surface area contributed by atoms with Gasteiger partial charge in [-0.05, 0) is 66.9 Å². The number of alkyl halides is 1. The minimum absolute atomic E-state index is 0.0321. The lowest BCUT2D eigenvalue weighted by molar-refractivity contribution is 0.0601. The second-order valence-corrected chi connectivity index (χ2v) is 11.4. The van der Waals surface area contributed by atoms with Crippen molar-refractivity contribution in [2.24, 2.45) is 5.41 Å². The van der Waals surface area contributed by atoms with E-state index >= 15 is 8.78 Å². The number of aromatic nitrogens is 4. The minimum Gasteiger partial charge on any atom is -0.496 e. The Labute approximate surface area is 261 Å². The van der Waals surface area contributed by atoms with E-state index in [-0.39, 0.29) is 35.9 Å². The molecule has 3 aromatic carbocycles. The van der Waals surface area contributed by atoms with Gasteiger partial charge >= 0.3 is 12.0 Å². The SMILES string of the molecule is COC(=O)c1ccc2nc(Cc3cc(F)c(-c4ccnc(OCc5ccc(Cl)cc5OC)n4)cc3F)n(CC3(CF)CC3)c2c1. The zero-order valence-electron chi connectivity index (χ0n) is 24.4. The zero-order chi connectivity index (χ0) is 31.7. The van der Waals surface area contributed by atoms with Crippen LogP contribution in [0.25, 0.3) is 22.3 Å². The maximum Gasteiger partial charge on any atom is 0.337 e. The van der Waals surface area contributed by atoms with Crippen LogP contribution in [-0.2, 0) is 24.3 Å². The third-order valence-corrected chi connectivity index (χ3v) is 8.22. The third-order valence-electron chi connectivity index (χ3n) is 7.98. The number of halogens is 4. The van der Waals surface area contributed by atoms with Crippen molar-refractivity contribution in [3.05, 3.63) is 100.0 Å². The van der Waals surface area contributed by atoms with Crippen LogP contribution in [0.1, 0.15) is 40.2 Å². The van der Waals surface area contributed by atoms with Gasteiger partial charge in [0.25, 0.3) is 0 Å². The van der Waals surface area contributed by atoms with Gasteiger partial charge in [0.05, 0.1) is 43.2 Å². The Balaban J connectivity index is 1.28. The average Bonchev–Trinajstić information content (AvgIpc) is 3.76. The van der Waals surface area contributed by atoms with Crippen LogP contribution in [0.3, 0.4) is 0 Å². The van der Waals surface area contributed by atoms with Crippen LogP contribution in [-0.4, -0.2) is 46.4 Å². The molecule has 1 aliphatic rings. The molecular formula is C33H28ClF3N4O4. The largest absolute Gasteiger partial charge is 0.496 e. The van der Waals surface area contributed by atoms with Crippen molar-refractivity contribution in [1.82, 2.24) is 19.5 Å². The van der Waals surface area contributed by atoms with Crippen LogP contribution >= 0.6 is 11.6 Å². The van der Waals surface area contributed by atoms with Crippen molar-refractivity contribution in [1.29, 1.82) is 0 Å². The Morgan fingerprint density at radius 2 is 1.82 bits per heavy atom. The summed E-state index contributed by atoms with van der Waals surface area (Å²) in [5.41, 5.74) is 1.73. The number of rotatable bonds is 11. The minimum atomic E-state index is -0.700. The van der Waals surface area contributed by atoms with Crippen LogP contribution < -0.4 is 9.47 Å². The van der Waals surface area contributed by atoms with Crippen LogP contribution in [0, 0.1) is 17.0 Å². The first kappa shape index (κ1) is 30.4. The Bertz CT molecular complexity index is 1910. The van der Waals surface area contributed by atoms with E-state index in [1.807, 2.05) is 0 Å². The van der Waals surface area contributed by atoms with E-state index in [9.17, 15) is 9.18 Å². The molecule has 12 heteroatoms. The zero-order valence-corrected chi connectivity index (χ0v) is 25.2. The fraction of sp³-hybridized carbons (Fsp3) is 0.273. The topological polar surface area (TPSA) is 88.4 Å². The second kappa shape index (κ2) is 12.4. The van der Waals surface area contributed by atoms with Gasteiger partial charge in [-0.2, -0.15) is 4.98 Å². The molecule has 8 nitrogen and oxygen atoms in total. The molecule has 0 amide bonds. The fourth-order valence-corrected chi connectivity index (χ4v) is 5.37. The molecule has 1 saturated carbocycles. The van der Waals surface area contributed by atoms with E-state index in [0.29, 0.717) is 58.1 Å². The molecule has 2 aromatic heterocycles. The van der Waals surface area contributed by atoms with Gasteiger partial charge in [0.15, 0.2) is 0 Å². The molecule has 232 valence electrons. The summed E-state index contributed by atoms with van der Waals surface area (Å²) < 4.78 is 62.7. The third kappa shape index (κ3) is 6.30. The van der Waals surface area contributed by atoms with Gasteiger partial charge in [0, 0.05) is 40.7 Å². The van der Waals surface area contributed by atoms with Crippen molar-refractivity contribution in [3.63, 3.8) is 0 Å². The van der Waals surface area contributed by atoms with Gasteiger partial charge in [-0.1, -0.05) is 17.7 Å². The molecule has 0 radical (unpaired) electrons. The number of methoxy groups -OCH3 is 2. The summed E-state index contributed by atoms with van der Waals surface area (Å²) >= 11 is 6.02. The maximum absolute atomic E-state index is 15.6. The van der Waals surface area contributed by atoms with Crippen LogP contribution in [0.2, 0.25) is 5.02 Å². The number of imidazole rings is 1. The summed E-state index contributed by atoms with van der Waals surface area (Å²) in [7, 11) is 2.80. The lowest BCUT2D eigenvalue weighted by Crippen LogP contribution is -2.16. The number of nitrogens with zero attached hydrogens (tertiary/aromatic N) is 4. The molecule has 2 heterocycles. The molecule has 0 saturated heterocycles. The number of esters is 1. The molecular weight excluding hydrogens is 609 g/mol. The van der Waals surface area contributed by atoms with Gasteiger partial charge in [0.2, 0.25) is 0 Å². The molecule has 1 aliphatic carbocycles. The normalized spacial score (nSPS) is 13.6. The number of benzene rings is 3. The van der Waals surface area contributed by atoms with Crippen molar-refractivity contribution in [3.8, 4) is 23.0 Å². The number of ether oxygens (including phenoxy) is 3. The Hall–Kier alpha value is -4.64. The number of carbonyl (C=O) groups is 1. The van der Waals surface area contributed by atoms with Crippen molar-refractivity contribution in [2.75, 3.05) is 20.9 Å². The highest BCUT2D eigenvalue weighted by Gasteiger charge is 2.44. The predicted octanol–water partition coefficient (Wildman–Crippen LogP) is 7.14.